The summed E-state index contributed by atoms with van der Waals surface area (Å²) >= 11 is 0. The molecule has 1 N–H and O–H groups in total. The first-order valence-corrected chi connectivity index (χ1v) is 6.61. The van der Waals surface area contributed by atoms with Gasteiger partial charge in [0.25, 0.3) is 0 Å². The molecule has 1 aliphatic heterocycles. The first kappa shape index (κ1) is 16.4. The molecule has 0 saturated heterocycles. The van der Waals surface area contributed by atoms with Crippen molar-refractivity contribution >= 4 is 11.7 Å². The van der Waals surface area contributed by atoms with Crippen LogP contribution in [0.5, 0.6) is 0 Å². The number of carbonyl (C=O) groups excluding carboxylic acids is 1. The van der Waals surface area contributed by atoms with Gasteiger partial charge in [0.05, 0.1) is 5.70 Å². The first-order chi connectivity index (χ1) is 9.42. The Morgan fingerprint density at radius 1 is 1.55 bits per heavy atom. The molecule has 1 rings (SSSR count). The number of aliphatic imine (C=N–C) groups is 1. The van der Waals surface area contributed by atoms with Crippen LogP contribution >= 0.6 is 0 Å². The predicted octanol–water partition coefficient (Wildman–Crippen LogP) is 1.98. The molecule has 0 aromatic heterocycles. The SMILES string of the molecule is C=C1C(/C(C)=N/CC(C)C)=CN(COC)C(=O)N1NC. The molecule has 0 unspecified atom stereocenters. The normalized spacial score (nSPS) is 17.1. The highest BCUT2D eigenvalue weighted by Crippen LogP contribution is 2.22. The molecule has 0 saturated carbocycles. The number of ether oxygens (including phenoxy) is 1. The van der Waals surface area contributed by atoms with E-state index >= 15 is 0 Å². The molecule has 0 fully saturated rings. The van der Waals surface area contributed by atoms with E-state index in [1.54, 1.807) is 20.4 Å². The number of hydrogen-bond donors (Lipinski definition) is 1. The lowest BCUT2D eigenvalue weighted by Crippen LogP contribution is -2.50. The van der Waals surface area contributed by atoms with Crippen LogP contribution in [0.15, 0.2) is 29.0 Å². The van der Waals surface area contributed by atoms with Crippen molar-refractivity contribution in [2.75, 3.05) is 27.4 Å². The molecular weight excluding hydrogens is 256 g/mol. The minimum Gasteiger partial charge on any atom is -0.364 e. The number of methoxy groups -OCH3 is 1. The Labute approximate surface area is 120 Å². The number of rotatable bonds is 6. The zero-order chi connectivity index (χ0) is 15.3. The Morgan fingerprint density at radius 2 is 2.20 bits per heavy atom. The molecule has 6 heteroatoms. The van der Waals surface area contributed by atoms with Crippen LogP contribution in [-0.2, 0) is 4.74 Å². The molecule has 112 valence electrons. The third kappa shape index (κ3) is 3.68. The Morgan fingerprint density at radius 3 is 2.70 bits per heavy atom. The van der Waals surface area contributed by atoms with Gasteiger partial charge in [-0.05, 0) is 12.8 Å². The van der Waals surface area contributed by atoms with E-state index in [0.717, 1.165) is 17.8 Å². The maximum absolute atomic E-state index is 12.2. The standard InChI is InChI=1S/C14H24N4O2/c1-10(2)7-16-11(3)13-8-17(9-20-6)14(19)18(15-5)12(13)4/h8,10,15H,4,7,9H2,1-3,5-6H3/b16-11+. The molecule has 1 heterocycles. The number of hydrogen-bond acceptors (Lipinski definition) is 4. The van der Waals surface area contributed by atoms with E-state index in [1.165, 1.54) is 9.91 Å². The summed E-state index contributed by atoms with van der Waals surface area (Å²) in [6.07, 6.45) is 1.74. The summed E-state index contributed by atoms with van der Waals surface area (Å²) in [5.41, 5.74) is 5.11. The molecule has 1 aliphatic rings. The van der Waals surface area contributed by atoms with E-state index in [0.29, 0.717) is 11.6 Å². The third-order valence-electron chi connectivity index (χ3n) is 2.88. The number of nitrogens with one attached hydrogen (secondary N) is 1. The fraction of sp³-hybridized carbons (Fsp3) is 0.571. The Kier molecular flexibility index (Phi) is 5.91. The number of allylic oxidation sites excluding steroid dienone is 1. The maximum Gasteiger partial charge on any atom is 0.345 e. The van der Waals surface area contributed by atoms with Crippen LogP contribution in [0.2, 0.25) is 0 Å². The van der Waals surface area contributed by atoms with Gasteiger partial charge >= 0.3 is 6.03 Å². The van der Waals surface area contributed by atoms with Gasteiger partial charge in [-0.3, -0.25) is 9.89 Å². The molecule has 0 atom stereocenters. The zero-order valence-corrected chi connectivity index (χ0v) is 12.9. The summed E-state index contributed by atoms with van der Waals surface area (Å²) in [6, 6.07) is -0.222. The number of urea groups is 1. The summed E-state index contributed by atoms with van der Waals surface area (Å²) in [7, 11) is 3.23. The minimum atomic E-state index is -0.222. The second kappa shape index (κ2) is 7.21. The van der Waals surface area contributed by atoms with E-state index in [1.807, 2.05) is 6.92 Å². The lowest BCUT2D eigenvalue weighted by Gasteiger charge is -2.34. The van der Waals surface area contributed by atoms with Crippen LogP contribution in [0.4, 0.5) is 4.79 Å². The first-order valence-electron chi connectivity index (χ1n) is 6.61. The van der Waals surface area contributed by atoms with E-state index in [-0.39, 0.29) is 12.8 Å². The molecule has 0 aromatic rings. The molecule has 0 aromatic carbocycles. The molecule has 6 nitrogen and oxygen atoms in total. The molecule has 0 aliphatic carbocycles. The van der Waals surface area contributed by atoms with Crippen LogP contribution in [0.1, 0.15) is 20.8 Å². The summed E-state index contributed by atoms with van der Waals surface area (Å²) in [5.74, 6) is 0.486. The lowest BCUT2D eigenvalue weighted by molar-refractivity contribution is 0.0862. The van der Waals surface area contributed by atoms with Crippen LogP contribution in [0.25, 0.3) is 0 Å². The fourth-order valence-electron chi connectivity index (χ4n) is 1.82. The van der Waals surface area contributed by atoms with Gasteiger partial charge in [-0.1, -0.05) is 20.4 Å². The van der Waals surface area contributed by atoms with Crippen LogP contribution in [-0.4, -0.2) is 49.1 Å². The quantitative estimate of drug-likeness (QED) is 0.757. The highest BCUT2D eigenvalue weighted by molar-refractivity contribution is 6.04. The number of hydrazine groups is 1. The van der Waals surface area contributed by atoms with Gasteiger partial charge in [-0.25, -0.2) is 15.2 Å². The van der Waals surface area contributed by atoms with Crippen molar-refractivity contribution in [1.29, 1.82) is 0 Å². The summed E-state index contributed by atoms with van der Waals surface area (Å²) in [5, 5.41) is 1.39. The zero-order valence-electron chi connectivity index (χ0n) is 12.9. The average Bonchev–Trinajstić information content (AvgIpc) is 2.40. The van der Waals surface area contributed by atoms with Gasteiger partial charge in [0.1, 0.15) is 6.73 Å². The van der Waals surface area contributed by atoms with Crippen molar-refractivity contribution in [1.82, 2.24) is 15.3 Å². The van der Waals surface area contributed by atoms with Crippen molar-refractivity contribution < 1.29 is 9.53 Å². The Balaban J connectivity index is 3.07. The van der Waals surface area contributed by atoms with E-state index in [2.05, 4.69) is 30.8 Å². The summed E-state index contributed by atoms with van der Waals surface area (Å²) < 4.78 is 5.04. The topological polar surface area (TPSA) is 57.2 Å². The molecule has 2 amide bonds. The second-order valence-corrected chi connectivity index (χ2v) is 5.04. The molecule has 0 spiro atoms. The number of carbonyl (C=O) groups is 1. The third-order valence-corrected chi connectivity index (χ3v) is 2.88. The Hall–Kier alpha value is -1.66. The smallest absolute Gasteiger partial charge is 0.345 e. The second-order valence-electron chi connectivity index (χ2n) is 5.04. The number of amides is 2. The van der Waals surface area contributed by atoms with E-state index in [4.69, 9.17) is 4.74 Å². The van der Waals surface area contributed by atoms with Gasteiger partial charge < -0.3 is 4.74 Å². The largest absolute Gasteiger partial charge is 0.364 e. The molecule has 0 radical (unpaired) electrons. The summed E-state index contributed by atoms with van der Waals surface area (Å²) in [6.45, 7) is 11.0. The lowest BCUT2D eigenvalue weighted by atomic mass is 10.1. The number of nitrogens with zero attached hydrogens (tertiary/aromatic N) is 3. The monoisotopic (exact) mass is 280 g/mol. The van der Waals surface area contributed by atoms with Crippen molar-refractivity contribution in [2.45, 2.75) is 20.8 Å². The van der Waals surface area contributed by atoms with Gasteiger partial charge in [-0.15, -0.1) is 0 Å². The van der Waals surface area contributed by atoms with Gasteiger partial charge in [0, 0.05) is 38.2 Å². The van der Waals surface area contributed by atoms with Gasteiger partial charge in [-0.2, -0.15) is 0 Å². The van der Waals surface area contributed by atoms with Crippen molar-refractivity contribution in [3.63, 3.8) is 0 Å². The average molecular weight is 280 g/mol. The van der Waals surface area contributed by atoms with Crippen LogP contribution in [0.3, 0.4) is 0 Å². The highest BCUT2D eigenvalue weighted by Gasteiger charge is 2.29. The van der Waals surface area contributed by atoms with Gasteiger partial charge in [0.2, 0.25) is 0 Å². The van der Waals surface area contributed by atoms with E-state index in [9.17, 15) is 4.79 Å². The van der Waals surface area contributed by atoms with Gasteiger partial charge in [0.15, 0.2) is 0 Å². The molecule has 20 heavy (non-hydrogen) atoms. The van der Waals surface area contributed by atoms with Crippen LogP contribution < -0.4 is 5.43 Å². The molecular formula is C14H24N4O2. The summed E-state index contributed by atoms with van der Waals surface area (Å²) in [4.78, 5) is 18.2. The van der Waals surface area contributed by atoms with Crippen molar-refractivity contribution in [3.8, 4) is 0 Å². The minimum absolute atomic E-state index is 0.186. The highest BCUT2D eigenvalue weighted by atomic mass is 16.5. The predicted molar refractivity (Wildman–Crippen MR) is 80.0 cm³/mol. The maximum atomic E-state index is 12.2. The van der Waals surface area contributed by atoms with Crippen molar-refractivity contribution in [3.05, 3.63) is 24.0 Å². The van der Waals surface area contributed by atoms with Crippen molar-refractivity contribution in [2.24, 2.45) is 10.9 Å². The fourth-order valence-corrected chi connectivity index (χ4v) is 1.82. The Bertz CT molecular complexity index is 440. The van der Waals surface area contributed by atoms with E-state index < -0.39 is 0 Å². The molecule has 0 bridgehead atoms. The van der Waals surface area contributed by atoms with Crippen LogP contribution in [0, 0.1) is 5.92 Å².